The number of piperazine rings is 1. The van der Waals surface area contributed by atoms with Crippen LogP contribution in [0.4, 0.5) is 11.8 Å². The van der Waals surface area contributed by atoms with Gasteiger partial charge in [0.1, 0.15) is 5.82 Å². The van der Waals surface area contributed by atoms with Gasteiger partial charge in [-0.2, -0.15) is 4.98 Å². The molecule has 0 bridgehead atoms. The molecule has 1 aromatic heterocycles. The highest BCUT2D eigenvalue weighted by Gasteiger charge is 2.40. The van der Waals surface area contributed by atoms with Crippen molar-refractivity contribution in [3.63, 3.8) is 0 Å². The summed E-state index contributed by atoms with van der Waals surface area (Å²) in [6, 6.07) is 2.03. The van der Waals surface area contributed by atoms with Gasteiger partial charge in [-0.1, -0.05) is 6.92 Å². The lowest BCUT2D eigenvalue weighted by molar-refractivity contribution is -0.169. The summed E-state index contributed by atoms with van der Waals surface area (Å²) >= 11 is 0. The summed E-state index contributed by atoms with van der Waals surface area (Å²) in [7, 11) is 0. The Morgan fingerprint density at radius 1 is 1.00 bits per heavy atom. The summed E-state index contributed by atoms with van der Waals surface area (Å²) in [6.45, 7) is 10.8. The molecule has 3 fully saturated rings. The van der Waals surface area contributed by atoms with Crippen LogP contribution in [0.5, 0.6) is 0 Å². The zero-order chi connectivity index (χ0) is 16.4. The molecule has 4 heterocycles. The predicted molar refractivity (Wildman–Crippen MR) is 92.4 cm³/mol. The Kier molecular flexibility index (Phi) is 4.56. The second-order valence-electron chi connectivity index (χ2n) is 6.73. The molecule has 0 saturated carbocycles. The van der Waals surface area contributed by atoms with Crippen molar-refractivity contribution in [2.45, 2.75) is 25.6 Å². The van der Waals surface area contributed by atoms with E-state index >= 15 is 0 Å². The van der Waals surface area contributed by atoms with Crippen LogP contribution in [-0.2, 0) is 9.47 Å². The first-order valence-corrected chi connectivity index (χ1v) is 9.11. The third-order valence-electron chi connectivity index (χ3n) is 5.39. The highest BCUT2D eigenvalue weighted by Crippen LogP contribution is 2.32. The second-order valence-corrected chi connectivity index (χ2v) is 6.73. The topological polar surface area (TPSA) is 54.0 Å². The van der Waals surface area contributed by atoms with Crippen molar-refractivity contribution in [1.29, 1.82) is 0 Å². The van der Waals surface area contributed by atoms with Crippen LogP contribution in [0.2, 0.25) is 0 Å². The maximum absolute atomic E-state index is 5.80. The average Bonchev–Trinajstić information content (AvgIpc) is 3.10. The van der Waals surface area contributed by atoms with Crippen molar-refractivity contribution < 1.29 is 9.47 Å². The highest BCUT2D eigenvalue weighted by atomic mass is 16.7. The smallest absolute Gasteiger partial charge is 0.227 e. The fourth-order valence-electron chi connectivity index (χ4n) is 3.79. The Hall–Kier alpha value is -1.44. The molecular formula is C17H27N5O2. The maximum atomic E-state index is 5.80. The van der Waals surface area contributed by atoms with E-state index in [4.69, 9.17) is 14.5 Å². The highest BCUT2D eigenvalue weighted by molar-refractivity contribution is 5.44. The van der Waals surface area contributed by atoms with Gasteiger partial charge in [0.25, 0.3) is 0 Å². The molecule has 7 heteroatoms. The number of hydrogen-bond acceptors (Lipinski definition) is 7. The van der Waals surface area contributed by atoms with E-state index in [0.717, 1.165) is 83.6 Å². The fraction of sp³-hybridized carbons (Fsp3) is 0.765. The number of rotatable bonds is 3. The monoisotopic (exact) mass is 333 g/mol. The lowest BCUT2D eigenvalue weighted by Gasteiger charge is -2.38. The molecule has 0 N–H and O–H groups in total. The van der Waals surface area contributed by atoms with Gasteiger partial charge < -0.3 is 24.2 Å². The summed E-state index contributed by atoms with van der Waals surface area (Å²) in [5, 5.41) is 0. The number of hydrogen-bond donors (Lipinski definition) is 0. The molecule has 0 unspecified atom stereocenters. The van der Waals surface area contributed by atoms with E-state index in [-0.39, 0.29) is 5.79 Å². The van der Waals surface area contributed by atoms with E-state index in [9.17, 15) is 0 Å². The minimum Gasteiger partial charge on any atom is -0.354 e. The molecule has 24 heavy (non-hydrogen) atoms. The van der Waals surface area contributed by atoms with E-state index in [1.807, 2.05) is 12.3 Å². The predicted octanol–water partition coefficient (Wildman–Crippen LogP) is 0.962. The molecule has 0 aliphatic carbocycles. The van der Waals surface area contributed by atoms with Gasteiger partial charge in [-0.15, -0.1) is 0 Å². The molecule has 1 spiro atoms. The first kappa shape index (κ1) is 16.1. The minimum atomic E-state index is -0.343. The zero-order valence-corrected chi connectivity index (χ0v) is 14.5. The van der Waals surface area contributed by atoms with Crippen molar-refractivity contribution in [2.24, 2.45) is 0 Å². The summed E-state index contributed by atoms with van der Waals surface area (Å²) in [6.07, 6.45) is 3.66. The van der Waals surface area contributed by atoms with Crippen LogP contribution >= 0.6 is 0 Å². The number of likely N-dealkylation sites (N-methyl/N-ethyl adjacent to an activating group) is 1. The molecule has 0 atom stereocenters. The van der Waals surface area contributed by atoms with Gasteiger partial charge in [-0.25, -0.2) is 4.98 Å². The van der Waals surface area contributed by atoms with Crippen molar-refractivity contribution in [2.75, 3.05) is 68.8 Å². The molecule has 0 radical (unpaired) electrons. The third kappa shape index (κ3) is 3.20. The number of piperidine rings is 1. The molecule has 4 rings (SSSR count). The number of aromatic nitrogens is 2. The van der Waals surface area contributed by atoms with Crippen LogP contribution in [0.3, 0.4) is 0 Å². The number of nitrogens with zero attached hydrogens (tertiary/aromatic N) is 5. The average molecular weight is 333 g/mol. The lowest BCUT2D eigenvalue weighted by Crippen LogP contribution is -2.47. The Bertz CT molecular complexity index is 546. The van der Waals surface area contributed by atoms with Crippen molar-refractivity contribution >= 4 is 11.8 Å². The molecule has 3 saturated heterocycles. The molecule has 3 aliphatic rings. The molecule has 0 amide bonds. The Morgan fingerprint density at radius 2 is 1.71 bits per heavy atom. The molecule has 7 nitrogen and oxygen atoms in total. The van der Waals surface area contributed by atoms with Crippen LogP contribution in [0, 0.1) is 0 Å². The molecule has 1 aromatic rings. The van der Waals surface area contributed by atoms with Gasteiger partial charge >= 0.3 is 0 Å². The largest absolute Gasteiger partial charge is 0.354 e. The normalized spacial score (nSPS) is 24.7. The van der Waals surface area contributed by atoms with Gasteiger partial charge in [-0.05, 0) is 12.6 Å². The lowest BCUT2D eigenvalue weighted by atomic mass is 10.0. The standard InChI is InChI=1S/C17H27N5O2/c1-2-20-9-11-21(12-10-20)15-3-6-18-16(19-15)22-7-4-17(5-8-22)23-13-14-24-17/h3,6H,2,4-5,7-14H2,1H3. The summed E-state index contributed by atoms with van der Waals surface area (Å²) < 4.78 is 11.6. The molecular weight excluding hydrogens is 306 g/mol. The van der Waals surface area contributed by atoms with Crippen LogP contribution in [0.25, 0.3) is 0 Å². The number of ether oxygens (including phenoxy) is 2. The van der Waals surface area contributed by atoms with E-state index in [1.165, 1.54) is 0 Å². The van der Waals surface area contributed by atoms with Gasteiger partial charge in [0.15, 0.2) is 5.79 Å². The third-order valence-corrected chi connectivity index (χ3v) is 5.39. The van der Waals surface area contributed by atoms with E-state index in [0.29, 0.717) is 0 Å². The van der Waals surface area contributed by atoms with E-state index < -0.39 is 0 Å². The zero-order valence-electron chi connectivity index (χ0n) is 14.5. The summed E-state index contributed by atoms with van der Waals surface area (Å²) in [5.41, 5.74) is 0. The Morgan fingerprint density at radius 3 is 2.38 bits per heavy atom. The SMILES string of the molecule is CCN1CCN(c2ccnc(N3CCC4(CC3)OCCO4)n2)CC1. The van der Waals surface area contributed by atoms with Crippen LogP contribution in [0.15, 0.2) is 12.3 Å². The van der Waals surface area contributed by atoms with Gasteiger partial charge in [0.05, 0.1) is 13.2 Å². The first-order chi connectivity index (χ1) is 11.8. The van der Waals surface area contributed by atoms with Crippen molar-refractivity contribution in [1.82, 2.24) is 14.9 Å². The quantitative estimate of drug-likeness (QED) is 0.817. The minimum absolute atomic E-state index is 0.343. The van der Waals surface area contributed by atoms with Gasteiger partial charge in [-0.3, -0.25) is 0 Å². The van der Waals surface area contributed by atoms with Crippen molar-refractivity contribution in [3.8, 4) is 0 Å². The fourth-order valence-corrected chi connectivity index (χ4v) is 3.79. The van der Waals surface area contributed by atoms with Crippen molar-refractivity contribution in [3.05, 3.63) is 12.3 Å². The van der Waals surface area contributed by atoms with Crippen LogP contribution in [0.1, 0.15) is 19.8 Å². The van der Waals surface area contributed by atoms with Crippen LogP contribution in [-0.4, -0.2) is 79.7 Å². The van der Waals surface area contributed by atoms with Gasteiger partial charge in [0.2, 0.25) is 5.95 Å². The van der Waals surface area contributed by atoms with E-state index in [1.54, 1.807) is 0 Å². The molecule has 132 valence electrons. The second kappa shape index (κ2) is 6.82. The molecule has 3 aliphatic heterocycles. The Labute approximate surface area is 143 Å². The van der Waals surface area contributed by atoms with Crippen LogP contribution < -0.4 is 9.80 Å². The number of anilines is 2. The molecule has 0 aromatic carbocycles. The first-order valence-electron chi connectivity index (χ1n) is 9.11. The Balaban J connectivity index is 1.40. The summed E-state index contributed by atoms with van der Waals surface area (Å²) in [5.74, 6) is 1.53. The van der Waals surface area contributed by atoms with Gasteiger partial charge in [0, 0.05) is 58.3 Å². The van der Waals surface area contributed by atoms with E-state index in [2.05, 4.69) is 26.6 Å². The maximum Gasteiger partial charge on any atom is 0.227 e. The summed E-state index contributed by atoms with van der Waals surface area (Å²) in [4.78, 5) is 16.4.